The second kappa shape index (κ2) is 8.54. The standard InChI is InChI=1S/C17H13F4N3O5/c18-16(19)17(20,21)8-29-13-6-3-10(14(22)25)7-12(13)23-15(26)9-1-4-11(5-2-9)24(27)28/h1-7,16H,8H2,(H2,22,25)(H,23,26). The van der Waals surface area contributed by atoms with Crippen LogP contribution in [0.4, 0.5) is 28.9 Å². The van der Waals surface area contributed by atoms with Gasteiger partial charge in [-0.3, -0.25) is 19.7 Å². The van der Waals surface area contributed by atoms with Crippen LogP contribution in [0.2, 0.25) is 0 Å². The molecule has 2 rings (SSSR count). The number of nitro groups is 1. The van der Waals surface area contributed by atoms with Gasteiger partial charge in [-0.15, -0.1) is 0 Å². The van der Waals surface area contributed by atoms with Crippen LogP contribution in [0.3, 0.4) is 0 Å². The highest BCUT2D eigenvalue weighted by Gasteiger charge is 2.42. The van der Waals surface area contributed by atoms with Crippen LogP contribution >= 0.6 is 0 Å². The zero-order chi connectivity index (χ0) is 21.8. The SMILES string of the molecule is NC(=O)c1ccc(OCC(F)(F)C(F)F)c(NC(=O)c2ccc([N+](=O)[O-])cc2)c1. The molecule has 0 unspecified atom stereocenters. The number of carbonyl (C=O) groups is 2. The van der Waals surface area contributed by atoms with Crippen LogP contribution in [0.25, 0.3) is 0 Å². The summed E-state index contributed by atoms with van der Waals surface area (Å²) in [4.78, 5) is 33.6. The number of primary amides is 1. The van der Waals surface area contributed by atoms with Gasteiger partial charge in [-0.2, -0.15) is 8.78 Å². The van der Waals surface area contributed by atoms with Gasteiger partial charge < -0.3 is 15.8 Å². The number of nitrogens with one attached hydrogen (secondary N) is 1. The zero-order valence-electron chi connectivity index (χ0n) is 14.4. The molecule has 0 aliphatic heterocycles. The van der Waals surface area contributed by atoms with Crippen molar-refractivity contribution in [1.29, 1.82) is 0 Å². The molecule has 0 aliphatic carbocycles. The number of hydrogen-bond acceptors (Lipinski definition) is 5. The number of nitrogens with two attached hydrogens (primary N) is 1. The quantitative estimate of drug-likeness (QED) is 0.389. The summed E-state index contributed by atoms with van der Waals surface area (Å²) in [7, 11) is 0. The minimum atomic E-state index is -4.44. The lowest BCUT2D eigenvalue weighted by Gasteiger charge is -2.18. The molecule has 0 saturated heterocycles. The van der Waals surface area contributed by atoms with Crippen molar-refractivity contribution >= 4 is 23.2 Å². The summed E-state index contributed by atoms with van der Waals surface area (Å²) in [5.41, 5.74) is 4.42. The summed E-state index contributed by atoms with van der Waals surface area (Å²) in [6.45, 7) is -1.68. The lowest BCUT2D eigenvalue weighted by Crippen LogP contribution is -2.34. The van der Waals surface area contributed by atoms with E-state index in [4.69, 9.17) is 10.5 Å². The van der Waals surface area contributed by atoms with E-state index in [1.54, 1.807) is 0 Å². The Morgan fingerprint density at radius 2 is 1.72 bits per heavy atom. The fourth-order valence-electron chi connectivity index (χ4n) is 2.07. The number of ether oxygens (including phenoxy) is 1. The largest absolute Gasteiger partial charge is 0.485 e. The molecule has 154 valence electrons. The molecule has 12 heteroatoms. The Balaban J connectivity index is 2.28. The minimum Gasteiger partial charge on any atom is -0.485 e. The van der Waals surface area contributed by atoms with Crippen molar-refractivity contribution in [3.05, 3.63) is 63.7 Å². The lowest BCUT2D eigenvalue weighted by atomic mass is 10.1. The van der Waals surface area contributed by atoms with Gasteiger partial charge in [0.15, 0.2) is 6.61 Å². The van der Waals surface area contributed by atoms with Gasteiger partial charge in [-0.05, 0) is 30.3 Å². The Morgan fingerprint density at radius 1 is 1.14 bits per heavy atom. The fourth-order valence-corrected chi connectivity index (χ4v) is 2.07. The molecule has 2 aromatic carbocycles. The lowest BCUT2D eigenvalue weighted by molar-refractivity contribution is -0.384. The molecular weight excluding hydrogens is 402 g/mol. The van der Waals surface area contributed by atoms with E-state index in [0.717, 1.165) is 42.5 Å². The summed E-state index contributed by atoms with van der Waals surface area (Å²) >= 11 is 0. The van der Waals surface area contributed by atoms with E-state index < -0.39 is 41.4 Å². The van der Waals surface area contributed by atoms with Crippen LogP contribution in [-0.2, 0) is 0 Å². The van der Waals surface area contributed by atoms with Gasteiger partial charge in [0.05, 0.1) is 10.6 Å². The maximum atomic E-state index is 13.1. The molecule has 8 nitrogen and oxygen atoms in total. The highest BCUT2D eigenvalue weighted by atomic mass is 19.3. The first kappa shape index (κ1) is 21.6. The first-order chi connectivity index (χ1) is 13.5. The summed E-state index contributed by atoms with van der Waals surface area (Å²) in [6.07, 6.45) is -3.97. The summed E-state index contributed by atoms with van der Waals surface area (Å²) in [5.74, 6) is -6.58. The van der Waals surface area contributed by atoms with E-state index in [1.807, 2.05) is 0 Å². The van der Waals surface area contributed by atoms with Crippen molar-refractivity contribution in [2.24, 2.45) is 5.73 Å². The van der Waals surface area contributed by atoms with Gasteiger partial charge >= 0.3 is 12.3 Å². The van der Waals surface area contributed by atoms with Crippen LogP contribution in [0, 0.1) is 10.1 Å². The van der Waals surface area contributed by atoms with Gasteiger partial charge in [0.1, 0.15) is 5.75 Å². The molecular formula is C17H13F4N3O5. The molecule has 0 aromatic heterocycles. The predicted molar refractivity (Wildman–Crippen MR) is 92.5 cm³/mol. The normalized spacial score (nSPS) is 11.2. The number of anilines is 1. The number of benzene rings is 2. The molecule has 29 heavy (non-hydrogen) atoms. The molecule has 0 saturated carbocycles. The van der Waals surface area contributed by atoms with Crippen LogP contribution < -0.4 is 15.8 Å². The summed E-state index contributed by atoms with van der Waals surface area (Å²) < 4.78 is 55.5. The van der Waals surface area contributed by atoms with Crippen molar-refractivity contribution in [1.82, 2.24) is 0 Å². The van der Waals surface area contributed by atoms with E-state index in [1.165, 1.54) is 0 Å². The number of alkyl halides is 4. The van der Waals surface area contributed by atoms with E-state index in [9.17, 15) is 37.3 Å². The first-order valence-corrected chi connectivity index (χ1v) is 7.79. The Hall–Kier alpha value is -3.70. The van der Waals surface area contributed by atoms with Crippen LogP contribution in [0.1, 0.15) is 20.7 Å². The number of carbonyl (C=O) groups excluding carboxylic acids is 2. The van der Waals surface area contributed by atoms with Crippen molar-refractivity contribution in [2.75, 3.05) is 11.9 Å². The minimum absolute atomic E-state index is 0.0380. The number of nitrogens with zero attached hydrogens (tertiary/aromatic N) is 1. The topological polar surface area (TPSA) is 125 Å². The van der Waals surface area contributed by atoms with Crippen LogP contribution in [-0.4, -0.2) is 35.7 Å². The molecule has 0 bridgehead atoms. The van der Waals surface area contributed by atoms with Crippen LogP contribution in [0.5, 0.6) is 5.75 Å². The van der Waals surface area contributed by atoms with Gasteiger partial charge in [-0.1, -0.05) is 0 Å². The molecule has 0 aliphatic rings. The molecule has 2 aromatic rings. The Bertz CT molecular complexity index is 935. The molecule has 0 atom stereocenters. The predicted octanol–water partition coefficient (Wildman–Crippen LogP) is 3.23. The maximum absolute atomic E-state index is 13.1. The molecule has 0 heterocycles. The number of amides is 2. The number of hydrogen-bond donors (Lipinski definition) is 2. The molecule has 3 N–H and O–H groups in total. The monoisotopic (exact) mass is 415 g/mol. The number of halogens is 4. The zero-order valence-corrected chi connectivity index (χ0v) is 14.4. The average molecular weight is 415 g/mol. The number of rotatable bonds is 8. The summed E-state index contributed by atoms with van der Waals surface area (Å²) in [6, 6.07) is 7.52. The second-order valence-corrected chi connectivity index (χ2v) is 5.68. The van der Waals surface area contributed by atoms with Crippen molar-refractivity contribution in [3.63, 3.8) is 0 Å². The smallest absolute Gasteiger partial charge is 0.340 e. The van der Waals surface area contributed by atoms with Gasteiger partial charge in [0.25, 0.3) is 11.6 Å². The first-order valence-electron chi connectivity index (χ1n) is 7.79. The summed E-state index contributed by atoms with van der Waals surface area (Å²) in [5, 5.41) is 12.9. The maximum Gasteiger partial charge on any atom is 0.340 e. The average Bonchev–Trinajstić information content (AvgIpc) is 2.66. The van der Waals surface area contributed by atoms with Gasteiger partial charge in [0.2, 0.25) is 5.91 Å². The highest BCUT2D eigenvalue weighted by Crippen LogP contribution is 2.30. The third-order valence-corrected chi connectivity index (χ3v) is 3.59. The van der Waals surface area contributed by atoms with E-state index >= 15 is 0 Å². The number of non-ortho nitro benzene ring substituents is 1. The molecule has 0 radical (unpaired) electrons. The molecule has 0 fully saturated rings. The van der Waals surface area contributed by atoms with Gasteiger partial charge in [-0.25, -0.2) is 8.78 Å². The van der Waals surface area contributed by atoms with Crippen molar-refractivity contribution in [3.8, 4) is 5.75 Å². The third-order valence-electron chi connectivity index (χ3n) is 3.59. The Labute approximate surface area is 160 Å². The highest BCUT2D eigenvalue weighted by molar-refractivity contribution is 6.06. The number of nitro benzene ring substituents is 1. The molecule has 2 amide bonds. The Kier molecular flexibility index (Phi) is 6.36. The van der Waals surface area contributed by atoms with Crippen molar-refractivity contribution in [2.45, 2.75) is 12.3 Å². The van der Waals surface area contributed by atoms with E-state index in [0.29, 0.717) is 0 Å². The van der Waals surface area contributed by atoms with E-state index in [2.05, 4.69) is 5.32 Å². The van der Waals surface area contributed by atoms with Crippen LogP contribution in [0.15, 0.2) is 42.5 Å². The van der Waals surface area contributed by atoms with Gasteiger partial charge in [0, 0.05) is 23.3 Å². The molecule has 0 spiro atoms. The van der Waals surface area contributed by atoms with E-state index in [-0.39, 0.29) is 22.5 Å². The Morgan fingerprint density at radius 3 is 2.24 bits per heavy atom. The van der Waals surface area contributed by atoms with Crippen molar-refractivity contribution < 1.29 is 36.8 Å². The fraction of sp³-hybridized carbons (Fsp3) is 0.176. The third kappa shape index (κ3) is 5.40. The second-order valence-electron chi connectivity index (χ2n) is 5.68.